The number of amides is 2. The molecule has 0 spiro atoms. The van der Waals surface area contributed by atoms with Gasteiger partial charge in [-0.15, -0.1) is 0 Å². The van der Waals surface area contributed by atoms with Gasteiger partial charge < -0.3 is 15.7 Å². The van der Waals surface area contributed by atoms with Gasteiger partial charge in [0.05, 0.1) is 5.69 Å². The number of nitrogens with one attached hydrogen (secondary N) is 2. The molecule has 7 heteroatoms. The van der Waals surface area contributed by atoms with Crippen molar-refractivity contribution in [3.63, 3.8) is 0 Å². The minimum Gasteiger partial charge on any atom is -0.481 e. The Labute approximate surface area is 118 Å². The third-order valence-electron chi connectivity index (χ3n) is 2.03. The fourth-order valence-corrected chi connectivity index (χ4v) is 1.98. The number of hydrogen-bond donors (Lipinski definition) is 3. The molecule has 0 heterocycles. The molecule has 0 aliphatic carbocycles. The summed E-state index contributed by atoms with van der Waals surface area (Å²) in [5, 5.41) is 14.2. The number of carboxylic acids is 1. The van der Waals surface area contributed by atoms with E-state index in [2.05, 4.69) is 26.6 Å². The molecular weight excluding hydrogens is 323 g/mol. The predicted molar refractivity (Wildman–Crippen MR) is 73.0 cm³/mol. The van der Waals surface area contributed by atoms with Crippen LogP contribution in [0.5, 0.6) is 0 Å². The smallest absolute Gasteiger partial charge is 0.319 e. The molecule has 18 heavy (non-hydrogen) atoms. The van der Waals surface area contributed by atoms with Crippen LogP contribution in [0.4, 0.5) is 10.5 Å². The van der Waals surface area contributed by atoms with Gasteiger partial charge in [0.15, 0.2) is 0 Å². The van der Waals surface area contributed by atoms with Gasteiger partial charge in [-0.1, -0.05) is 11.6 Å². The topological polar surface area (TPSA) is 78.4 Å². The zero-order valence-electron chi connectivity index (χ0n) is 9.37. The first-order valence-corrected chi connectivity index (χ1v) is 6.38. The van der Waals surface area contributed by atoms with Crippen LogP contribution in [0.2, 0.25) is 5.02 Å². The van der Waals surface area contributed by atoms with Crippen LogP contribution >= 0.6 is 27.5 Å². The largest absolute Gasteiger partial charge is 0.481 e. The lowest BCUT2D eigenvalue weighted by molar-refractivity contribution is -0.137. The molecule has 98 valence electrons. The molecule has 0 saturated heterocycles. The molecule has 0 saturated carbocycles. The Morgan fingerprint density at radius 2 is 2.11 bits per heavy atom. The molecular formula is C11H12BrClN2O3. The fourth-order valence-electron chi connectivity index (χ4n) is 1.20. The van der Waals surface area contributed by atoms with Gasteiger partial charge in [-0.25, -0.2) is 4.79 Å². The number of hydrogen-bond acceptors (Lipinski definition) is 2. The third kappa shape index (κ3) is 5.37. The molecule has 0 radical (unpaired) electrons. The number of carbonyl (C=O) groups excluding carboxylic acids is 1. The summed E-state index contributed by atoms with van der Waals surface area (Å²) in [6.07, 6.45) is 0.426. The lowest BCUT2D eigenvalue weighted by Crippen LogP contribution is -2.29. The van der Waals surface area contributed by atoms with Crippen LogP contribution in [0, 0.1) is 0 Å². The van der Waals surface area contributed by atoms with Crippen LogP contribution in [0.1, 0.15) is 12.8 Å². The SMILES string of the molecule is O=C(O)CCCNC(=O)Nc1ccc(Cl)cc1Br. The van der Waals surface area contributed by atoms with E-state index in [1.54, 1.807) is 18.2 Å². The summed E-state index contributed by atoms with van der Waals surface area (Å²) in [4.78, 5) is 21.7. The number of benzene rings is 1. The molecule has 1 rings (SSSR count). The van der Waals surface area contributed by atoms with Crippen molar-refractivity contribution in [2.24, 2.45) is 0 Å². The maximum Gasteiger partial charge on any atom is 0.319 e. The molecule has 1 aromatic rings. The van der Waals surface area contributed by atoms with Crippen molar-refractivity contribution in [2.45, 2.75) is 12.8 Å². The second kappa shape index (κ2) is 7.23. The Hall–Kier alpha value is -1.27. The number of halogens is 2. The lowest BCUT2D eigenvalue weighted by atomic mass is 10.3. The Bertz CT molecular complexity index is 454. The Kier molecular flexibility index (Phi) is 5.94. The highest BCUT2D eigenvalue weighted by molar-refractivity contribution is 9.10. The van der Waals surface area contributed by atoms with E-state index in [0.717, 1.165) is 0 Å². The van der Waals surface area contributed by atoms with E-state index in [1.165, 1.54) is 0 Å². The van der Waals surface area contributed by atoms with Crippen molar-refractivity contribution >= 4 is 45.2 Å². The molecule has 0 aromatic heterocycles. The molecule has 5 nitrogen and oxygen atoms in total. The highest BCUT2D eigenvalue weighted by Gasteiger charge is 2.05. The van der Waals surface area contributed by atoms with Crippen LogP contribution in [-0.4, -0.2) is 23.7 Å². The summed E-state index contributed by atoms with van der Waals surface area (Å²) >= 11 is 9.04. The molecule has 3 N–H and O–H groups in total. The maximum absolute atomic E-state index is 11.5. The molecule has 0 bridgehead atoms. The molecule has 0 atom stereocenters. The van der Waals surface area contributed by atoms with Crippen molar-refractivity contribution in [1.82, 2.24) is 5.32 Å². The number of aliphatic carboxylic acids is 1. The van der Waals surface area contributed by atoms with Crippen LogP contribution in [0.25, 0.3) is 0 Å². The fraction of sp³-hybridized carbons (Fsp3) is 0.273. The average Bonchev–Trinajstić information content (AvgIpc) is 2.28. The summed E-state index contributed by atoms with van der Waals surface area (Å²) < 4.78 is 0.677. The Morgan fingerprint density at radius 1 is 1.39 bits per heavy atom. The molecule has 0 fully saturated rings. The first-order valence-electron chi connectivity index (χ1n) is 5.20. The van der Waals surface area contributed by atoms with Gasteiger partial charge in [0.2, 0.25) is 0 Å². The number of rotatable bonds is 5. The molecule has 0 aliphatic rings. The van der Waals surface area contributed by atoms with E-state index < -0.39 is 5.97 Å². The Balaban J connectivity index is 2.38. The predicted octanol–water partition coefficient (Wildman–Crippen LogP) is 3.09. The van der Waals surface area contributed by atoms with E-state index in [0.29, 0.717) is 28.1 Å². The first-order chi connectivity index (χ1) is 8.49. The van der Waals surface area contributed by atoms with Crippen LogP contribution in [0.15, 0.2) is 22.7 Å². The van der Waals surface area contributed by atoms with Crippen LogP contribution in [0.3, 0.4) is 0 Å². The normalized spacial score (nSPS) is 9.89. The second-order valence-corrected chi connectivity index (χ2v) is 4.79. The van der Waals surface area contributed by atoms with Gasteiger partial charge in [0.1, 0.15) is 0 Å². The zero-order valence-corrected chi connectivity index (χ0v) is 11.7. The van der Waals surface area contributed by atoms with Crippen molar-refractivity contribution in [3.05, 3.63) is 27.7 Å². The molecule has 1 aromatic carbocycles. The van der Waals surface area contributed by atoms with Crippen molar-refractivity contribution < 1.29 is 14.7 Å². The molecule has 0 aliphatic heterocycles. The minimum absolute atomic E-state index is 0.0327. The zero-order chi connectivity index (χ0) is 13.5. The monoisotopic (exact) mass is 334 g/mol. The third-order valence-corrected chi connectivity index (χ3v) is 2.92. The van der Waals surface area contributed by atoms with Crippen LogP contribution in [-0.2, 0) is 4.79 Å². The van der Waals surface area contributed by atoms with Crippen molar-refractivity contribution in [2.75, 3.05) is 11.9 Å². The van der Waals surface area contributed by atoms with Gasteiger partial charge in [0, 0.05) is 22.5 Å². The van der Waals surface area contributed by atoms with E-state index in [-0.39, 0.29) is 12.5 Å². The number of anilines is 1. The van der Waals surface area contributed by atoms with Crippen molar-refractivity contribution in [3.8, 4) is 0 Å². The standard InChI is InChI=1S/C11H12BrClN2O3/c12-8-6-7(13)3-4-9(8)15-11(18)14-5-1-2-10(16)17/h3-4,6H,1-2,5H2,(H,16,17)(H2,14,15,18). The summed E-state index contributed by atoms with van der Waals surface area (Å²) in [5.41, 5.74) is 0.593. The summed E-state index contributed by atoms with van der Waals surface area (Å²) in [6.45, 7) is 0.309. The first kappa shape index (κ1) is 14.8. The average molecular weight is 336 g/mol. The van der Waals surface area contributed by atoms with Gasteiger partial charge in [-0.3, -0.25) is 4.79 Å². The molecule has 0 unspecified atom stereocenters. The van der Waals surface area contributed by atoms with Crippen molar-refractivity contribution in [1.29, 1.82) is 0 Å². The number of carboxylic acid groups (broad SMARTS) is 1. The van der Waals surface area contributed by atoms with Gasteiger partial charge in [0.25, 0.3) is 0 Å². The van der Waals surface area contributed by atoms with E-state index in [9.17, 15) is 9.59 Å². The highest BCUT2D eigenvalue weighted by atomic mass is 79.9. The van der Waals surface area contributed by atoms with Gasteiger partial charge in [-0.05, 0) is 40.5 Å². The highest BCUT2D eigenvalue weighted by Crippen LogP contribution is 2.25. The summed E-state index contributed by atoms with van der Waals surface area (Å²) in [5.74, 6) is -0.877. The Morgan fingerprint density at radius 3 is 2.72 bits per heavy atom. The number of urea groups is 1. The number of carbonyl (C=O) groups is 2. The summed E-state index contributed by atoms with van der Waals surface area (Å²) in [6, 6.07) is 4.61. The van der Waals surface area contributed by atoms with E-state index in [4.69, 9.17) is 16.7 Å². The summed E-state index contributed by atoms with van der Waals surface area (Å²) in [7, 11) is 0. The van der Waals surface area contributed by atoms with Crippen LogP contribution < -0.4 is 10.6 Å². The quantitative estimate of drug-likeness (QED) is 0.724. The van der Waals surface area contributed by atoms with E-state index >= 15 is 0 Å². The second-order valence-electron chi connectivity index (χ2n) is 3.50. The maximum atomic E-state index is 11.5. The molecule has 2 amide bonds. The van der Waals surface area contributed by atoms with Gasteiger partial charge in [-0.2, -0.15) is 0 Å². The minimum atomic E-state index is -0.877. The van der Waals surface area contributed by atoms with E-state index in [1.807, 2.05) is 0 Å². The lowest BCUT2D eigenvalue weighted by Gasteiger charge is -2.08. The van der Waals surface area contributed by atoms with Gasteiger partial charge >= 0.3 is 12.0 Å².